The average molecular weight is 538 g/mol. The fraction of sp³-hybridized carbons (Fsp3) is 0.630. The van der Waals surface area contributed by atoms with Gasteiger partial charge in [0, 0.05) is 60.1 Å². The summed E-state index contributed by atoms with van der Waals surface area (Å²) in [4.78, 5) is 29.3. The first-order chi connectivity index (χ1) is 17.7. The Kier molecular flexibility index (Phi) is 7.68. The molecule has 1 aromatic heterocycles. The molecule has 1 N–H and O–H groups in total. The number of ether oxygens (including phenoxy) is 1. The minimum absolute atomic E-state index is 0.0372. The summed E-state index contributed by atoms with van der Waals surface area (Å²) in [7, 11) is 0. The number of esters is 1. The lowest BCUT2D eigenvalue weighted by Gasteiger charge is -2.36. The summed E-state index contributed by atoms with van der Waals surface area (Å²) in [5, 5.41) is 6.05. The molecule has 2 aromatic rings. The van der Waals surface area contributed by atoms with Crippen molar-refractivity contribution in [2.45, 2.75) is 51.2 Å². The van der Waals surface area contributed by atoms with Crippen molar-refractivity contribution in [3.63, 3.8) is 0 Å². The monoisotopic (exact) mass is 537 g/mol. The number of rotatable bonds is 7. The van der Waals surface area contributed by atoms with Crippen LogP contribution in [0.1, 0.15) is 44.6 Å². The maximum absolute atomic E-state index is 13.0. The molecule has 0 bridgehead atoms. The van der Waals surface area contributed by atoms with Gasteiger partial charge in [-0.2, -0.15) is 13.2 Å². The number of thiophene rings is 1. The fourth-order valence-corrected chi connectivity index (χ4v) is 6.76. The molecule has 37 heavy (non-hydrogen) atoms. The third-order valence-electron chi connectivity index (χ3n) is 8.04. The lowest BCUT2D eigenvalue weighted by atomic mass is 9.86. The summed E-state index contributed by atoms with van der Waals surface area (Å²) in [5.41, 5.74) is 0.403. The number of carbonyl (C=O) groups excluding carboxylic acids is 2. The molecule has 1 saturated heterocycles. The number of nitrogens with zero attached hydrogens (tertiary/aromatic N) is 2. The van der Waals surface area contributed by atoms with Crippen molar-refractivity contribution in [2.24, 2.45) is 17.8 Å². The number of hydrogen-bond donors (Lipinski definition) is 1. The van der Waals surface area contributed by atoms with Gasteiger partial charge in [-0.25, -0.2) is 0 Å². The normalized spacial score (nSPS) is 26.8. The van der Waals surface area contributed by atoms with Gasteiger partial charge < -0.3 is 15.0 Å². The van der Waals surface area contributed by atoms with Gasteiger partial charge in [0.1, 0.15) is 0 Å². The van der Waals surface area contributed by atoms with Crippen LogP contribution in [0.5, 0.6) is 0 Å². The molecule has 2 unspecified atom stereocenters. The standard InChI is InChI=1S/C27H34F3N3O3S/c1-2-36-26(35)17-3-6-20(7-4-17)31-25(34)22-13-18(22)15-32-9-11-33(12-10-32)23-16-37-24-14-19(27(28,29)30)5-8-21(23)24/h5,8,14,16-18,20,22H,2-4,6-7,9-13,15H2,1H3,(H,31,34). The lowest BCUT2D eigenvalue weighted by molar-refractivity contribution is -0.149. The second-order valence-electron chi connectivity index (χ2n) is 10.5. The number of anilines is 1. The number of hydrogen-bond acceptors (Lipinski definition) is 6. The number of amides is 1. The third-order valence-corrected chi connectivity index (χ3v) is 8.97. The number of nitrogens with one attached hydrogen (secondary N) is 1. The number of fused-ring (bicyclic) bond motifs is 1. The molecule has 2 heterocycles. The molecular formula is C27H34F3N3O3S. The van der Waals surface area contributed by atoms with Crippen molar-refractivity contribution in [1.82, 2.24) is 10.2 Å². The van der Waals surface area contributed by atoms with E-state index in [2.05, 4.69) is 15.1 Å². The van der Waals surface area contributed by atoms with Crippen molar-refractivity contribution in [2.75, 3.05) is 44.2 Å². The first kappa shape index (κ1) is 26.3. The summed E-state index contributed by atoms with van der Waals surface area (Å²) in [5.74, 6) is 0.447. The summed E-state index contributed by atoms with van der Waals surface area (Å²) >= 11 is 1.36. The zero-order valence-electron chi connectivity index (χ0n) is 21.1. The Morgan fingerprint density at radius 1 is 1.11 bits per heavy atom. The highest BCUT2D eigenvalue weighted by atomic mass is 32.1. The molecule has 0 spiro atoms. The molecule has 10 heteroatoms. The van der Waals surface area contributed by atoms with Crippen LogP contribution in [0.4, 0.5) is 18.9 Å². The van der Waals surface area contributed by atoms with Crippen LogP contribution < -0.4 is 10.2 Å². The lowest BCUT2D eigenvalue weighted by Crippen LogP contribution is -2.47. The molecule has 2 aliphatic carbocycles. The van der Waals surface area contributed by atoms with Gasteiger partial charge in [-0.3, -0.25) is 14.5 Å². The highest BCUT2D eigenvalue weighted by molar-refractivity contribution is 7.17. The van der Waals surface area contributed by atoms with E-state index in [1.54, 1.807) is 6.07 Å². The highest BCUT2D eigenvalue weighted by Crippen LogP contribution is 2.41. The average Bonchev–Trinajstić information content (AvgIpc) is 3.52. The van der Waals surface area contributed by atoms with Crippen molar-refractivity contribution in [3.8, 4) is 0 Å². The molecule has 2 atom stereocenters. The van der Waals surface area contributed by atoms with E-state index in [9.17, 15) is 22.8 Å². The van der Waals surface area contributed by atoms with Crippen LogP contribution in [0.25, 0.3) is 10.1 Å². The Morgan fingerprint density at radius 2 is 1.84 bits per heavy atom. The summed E-state index contributed by atoms with van der Waals surface area (Å²) in [6, 6.07) is 4.15. The van der Waals surface area contributed by atoms with Crippen molar-refractivity contribution < 1.29 is 27.5 Å². The summed E-state index contributed by atoms with van der Waals surface area (Å²) < 4.78 is 44.9. The second kappa shape index (κ2) is 10.8. The molecular weight excluding hydrogens is 503 g/mol. The Bertz CT molecular complexity index is 1120. The fourth-order valence-electron chi connectivity index (χ4n) is 5.75. The van der Waals surface area contributed by atoms with Crippen LogP contribution in [0.2, 0.25) is 0 Å². The SMILES string of the molecule is CCOC(=O)C1CCC(NC(=O)C2CC2CN2CCN(c3csc4cc(C(F)(F)F)ccc34)CC2)CC1. The zero-order valence-corrected chi connectivity index (χ0v) is 21.9. The van der Waals surface area contributed by atoms with Crippen LogP contribution in [0.15, 0.2) is 23.6 Å². The molecule has 5 rings (SSSR count). The van der Waals surface area contributed by atoms with Gasteiger partial charge in [0.2, 0.25) is 5.91 Å². The maximum Gasteiger partial charge on any atom is 0.416 e. The summed E-state index contributed by atoms with van der Waals surface area (Å²) in [6.07, 6.45) is -0.227. The zero-order chi connectivity index (χ0) is 26.2. The molecule has 3 fully saturated rings. The summed E-state index contributed by atoms with van der Waals surface area (Å²) in [6.45, 7) is 6.52. The van der Waals surface area contributed by atoms with Gasteiger partial charge in [-0.15, -0.1) is 11.3 Å². The molecule has 6 nitrogen and oxygen atoms in total. The quantitative estimate of drug-likeness (QED) is 0.509. The van der Waals surface area contributed by atoms with Gasteiger partial charge in [0.15, 0.2) is 0 Å². The van der Waals surface area contributed by atoms with Gasteiger partial charge in [-0.1, -0.05) is 6.07 Å². The van der Waals surface area contributed by atoms with Gasteiger partial charge in [0.05, 0.1) is 23.8 Å². The van der Waals surface area contributed by atoms with Crippen LogP contribution >= 0.6 is 11.3 Å². The smallest absolute Gasteiger partial charge is 0.416 e. The van der Waals surface area contributed by atoms with Crippen LogP contribution in [0, 0.1) is 17.8 Å². The Labute approximate surface area is 219 Å². The molecule has 1 aromatic carbocycles. The van der Waals surface area contributed by atoms with E-state index in [4.69, 9.17) is 4.74 Å². The number of carbonyl (C=O) groups is 2. The maximum atomic E-state index is 13.0. The van der Waals surface area contributed by atoms with E-state index in [0.717, 1.165) is 75.9 Å². The van der Waals surface area contributed by atoms with Crippen LogP contribution in [0.3, 0.4) is 0 Å². The van der Waals surface area contributed by atoms with Crippen LogP contribution in [-0.2, 0) is 20.5 Å². The third kappa shape index (κ3) is 6.06. The van der Waals surface area contributed by atoms with E-state index in [1.165, 1.54) is 23.5 Å². The molecule has 2 saturated carbocycles. The Hall–Kier alpha value is -2.33. The predicted molar refractivity (Wildman–Crippen MR) is 138 cm³/mol. The van der Waals surface area contributed by atoms with E-state index in [-0.39, 0.29) is 29.8 Å². The van der Waals surface area contributed by atoms with Gasteiger partial charge >= 0.3 is 12.1 Å². The first-order valence-electron chi connectivity index (χ1n) is 13.3. The first-order valence-corrected chi connectivity index (χ1v) is 14.1. The van der Waals surface area contributed by atoms with Gasteiger partial charge in [-0.05, 0) is 57.1 Å². The molecule has 0 radical (unpaired) electrons. The molecule has 1 aliphatic heterocycles. The second-order valence-corrected chi connectivity index (χ2v) is 11.4. The minimum atomic E-state index is -4.33. The molecule has 1 amide bonds. The van der Waals surface area contributed by atoms with Gasteiger partial charge in [0.25, 0.3) is 0 Å². The Balaban J connectivity index is 1.05. The Morgan fingerprint density at radius 3 is 2.51 bits per heavy atom. The molecule has 202 valence electrons. The van der Waals surface area contributed by atoms with E-state index < -0.39 is 11.7 Å². The largest absolute Gasteiger partial charge is 0.466 e. The number of piperazine rings is 1. The van der Waals surface area contributed by atoms with E-state index in [0.29, 0.717) is 17.2 Å². The van der Waals surface area contributed by atoms with Crippen molar-refractivity contribution in [1.29, 1.82) is 0 Å². The van der Waals surface area contributed by atoms with E-state index in [1.807, 2.05) is 12.3 Å². The highest BCUT2D eigenvalue weighted by Gasteiger charge is 2.44. The van der Waals surface area contributed by atoms with E-state index >= 15 is 0 Å². The van der Waals surface area contributed by atoms with Crippen molar-refractivity contribution in [3.05, 3.63) is 29.1 Å². The van der Waals surface area contributed by atoms with Crippen molar-refractivity contribution >= 4 is 39.0 Å². The number of halogens is 3. The van der Waals surface area contributed by atoms with Crippen LogP contribution in [-0.4, -0.2) is 62.1 Å². The molecule has 3 aliphatic rings. The topological polar surface area (TPSA) is 61.9 Å². The minimum Gasteiger partial charge on any atom is -0.466 e. The predicted octanol–water partition coefficient (Wildman–Crippen LogP) is 4.92. The number of alkyl halides is 3. The number of benzene rings is 1.